The number of aromatic nitrogens is 1. The van der Waals surface area contributed by atoms with Gasteiger partial charge in [-0.05, 0) is 33.4 Å². The Labute approximate surface area is 88.8 Å². The van der Waals surface area contributed by atoms with Crippen LogP contribution in [0.25, 0.3) is 0 Å². The van der Waals surface area contributed by atoms with Crippen molar-refractivity contribution in [2.24, 2.45) is 0 Å². The molecule has 2 aromatic rings. The van der Waals surface area contributed by atoms with Gasteiger partial charge in [-0.1, -0.05) is 0 Å². The van der Waals surface area contributed by atoms with Crippen molar-refractivity contribution in [3.8, 4) is 0 Å². The molecule has 13 heavy (non-hydrogen) atoms. The Morgan fingerprint density at radius 3 is 3.00 bits per heavy atom. The Hall–Kier alpha value is -0.870. The van der Waals surface area contributed by atoms with Crippen LogP contribution in [0.2, 0.25) is 0 Å². The van der Waals surface area contributed by atoms with Crippen LogP contribution in [0.1, 0.15) is 0 Å². The van der Waals surface area contributed by atoms with E-state index in [4.69, 9.17) is 0 Å². The van der Waals surface area contributed by atoms with Crippen LogP contribution < -0.4 is 5.32 Å². The Bertz CT molecular complexity index is 386. The van der Waals surface area contributed by atoms with Gasteiger partial charge in [0, 0.05) is 23.5 Å². The molecule has 0 unspecified atom stereocenters. The molecule has 0 amide bonds. The zero-order valence-electron chi connectivity index (χ0n) is 6.70. The highest BCUT2D eigenvalue weighted by atomic mass is 79.9. The van der Waals surface area contributed by atoms with Crippen LogP contribution in [-0.2, 0) is 0 Å². The Morgan fingerprint density at radius 2 is 2.31 bits per heavy atom. The molecule has 0 saturated carbocycles. The van der Waals surface area contributed by atoms with Crippen molar-refractivity contribution >= 4 is 38.6 Å². The molecule has 2 heterocycles. The monoisotopic (exact) mass is 254 g/mol. The molecule has 66 valence electrons. The molecular weight excluding hydrogens is 248 g/mol. The maximum atomic E-state index is 3.99. The number of hydrogen-bond donors (Lipinski definition) is 1. The molecule has 2 aromatic heterocycles. The summed E-state index contributed by atoms with van der Waals surface area (Å²) in [6, 6.07) is 3.97. The van der Waals surface area contributed by atoms with E-state index in [1.807, 2.05) is 17.5 Å². The molecule has 0 atom stereocenters. The molecule has 1 N–H and O–H groups in total. The lowest BCUT2D eigenvalue weighted by Crippen LogP contribution is -1.89. The van der Waals surface area contributed by atoms with Gasteiger partial charge in [-0.15, -0.1) is 0 Å². The first-order valence-electron chi connectivity index (χ1n) is 3.75. The highest BCUT2D eigenvalue weighted by molar-refractivity contribution is 9.10. The predicted octanol–water partition coefficient (Wildman–Crippen LogP) is 3.65. The normalized spacial score (nSPS) is 9.92. The molecule has 4 heteroatoms. The topological polar surface area (TPSA) is 24.9 Å². The van der Waals surface area contributed by atoms with E-state index < -0.39 is 0 Å². The van der Waals surface area contributed by atoms with E-state index in [0.29, 0.717) is 0 Å². The first-order valence-corrected chi connectivity index (χ1v) is 5.48. The number of rotatable bonds is 2. The van der Waals surface area contributed by atoms with Crippen LogP contribution in [0.4, 0.5) is 11.4 Å². The zero-order chi connectivity index (χ0) is 9.10. The maximum absolute atomic E-state index is 3.99. The minimum atomic E-state index is 0.973. The van der Waals surface area contributed by atoms with Crippen molar-refractivity contribution < 1.29 is 0 Å². The first kappa shape index (κ1) is 8.72. The Balaban J connectivity index is 2.24. The fourth-order valence-electron chi connectivity index (χ4n) is 0.968. The summed E-state index contributed by atoms with van der Waals surface area (Å²) in [7, 11) is 0. The average Bonchev–Trinajstić information content (AvgIpc) is 2.61. The van der Waals surface area contributed by atoms with Gasteiger partial charge < -0.3 is 5.32 Å². The molecule has 0 aliphatic carbocycles. The molecule has 0 fully saturated rings. The van der Waals surface area contributed by atoms with E-state index in [1.54, 1.807) is 23.7 Å². The van der Waals surface area contributed by atoms with Crippen molar-refractivity contribution in [1.29, 1.82) is 0 Å². The lowest BCUT2D eigenvalue weighted by Gasteiger charge is -2.04. The van der Waals surface area contributed by atoms with Gasteiger partial charge in [0.15, 0.2) is 0 Å². The molecule has 0 aromatic carbocycles. The highest BCUT2D eigenvalue weighted by Gasteiger charge is 1.98. The fraction of sp³-hybridized carbons (Fsp3) is 0. The van der Waals surface area contributed by atoms with Crippen molar-refractivity contribution in [1.82, 2.24) is 4.98 Å². The van der Waals surface area contributed by atoms with Crippen LogP contribution in [-0.4, -0.2) is 4.98 Å². The van der Waals surface area contributed by atoms with Crippen molar-refractivity contribution in [3.05, 3.63) is 39.8 Å². The predicted molar refractivity (Wildman–Crippen MR) is 59.5 cm³/mol. The van der Waals surface area contributed by atoms with Crippen molar-refractivity contribution in [3.63, 3.8) is 0 Å². The third-order valence-corrected chi connectivity index (χ3v) is 2.89. The van der Waals surface area contributed by atoms with E-state index in [9.17, 15) is 0 Å². The smallest absolute Gasteiger partial charge is 0.0593 e. The molecule has 0 radical (unpaired) electrons. The van der Waals surface area contributed by atoms with Gasteiger partial charge in [0.25, 0.3) is 0 Å². The summed E-state index contributed by atoms with van der Waals surface area (Å²) in [5, 5.41) is 7.38. The fourth-order valence-corrected chi connectivity index (χ4v) is 1.91. The quantitative estimate of drug-likeness (QED) is 0.885. The number of pyridine rings is 1. The van der Waals surface area contributed by atoms with E-state index in [0.717, 1.165) is 15.8 Å². The molecule has 2 nitrogen and oxygen atoms in total. The average molecular weight is 255 g/mol. The standard InChI is InChI=1S/C9H7BrN2S/c10-8-5-11-3-1-9(8)12-7-2-4-13-6-7/h1-6H,(H,11,12). The minimum Gasteiger partial charge on any atom is -0.354 e. The minimum absolute atomic E-state index is 0.973. The highest BCUT2D eigenvalue weighted by Crippen LogP contribution is 2.25. The van der Waals surface area contributed by atoms with Crippen LogP contribution in [0.5, 0.6) is 0 Å². The van der Waals surface area contributed by atoms with Gasteiger partial charge in [0.2, 0.25) is 0 Å². The number of hydrogen-bond acceptors (Lipinski definition) is 3. The third-order valence-electron chi connectivity index (χ3n) is 1.57. The van der Waals surface area contributed by atoms with E-state index >= 15 is 0 Å². The summed E-state index contributed by atoms with van der Waals surface area (Å²) in [5.41, 5.74) is 2.14. The number of thiophene rings is 1. The van der Waals surface area contributed by atoms with Gasteiger partial charge in [0.1, 0.15) is 0 Å². The van der Waals surface area contributed by atoms with E-state index in [-0.39, 0.29) is 0 Å². The number of anilines is 2. The summed E-state index contributed by atoms with van der Waals surface area (Å²) in [6.07, 6.45) is 3.54. The SMILES string of the molecule is Brc1cnccc1Nc1ccsc1. The van der Waals surface area contributed by atoms with Crippen LogP contribution in [0.15, 0.2) is 39.8 Å². The van der Waals surface area contributed by atoms with Gasteiger partial charge in [-0.25, -0.2) is 0 Å². The molecule has 0 bridgehead atoms. The molecule has 0 spiro atoms. The lowest BCUT2D eigenvalue weighted by atomic mass is 10.4. The first-order chi connectivity index (χ1) is 6.36. The van der Waals surface area contributed by atoms with Crippen LogP contribution in [0, 0.1) is 0 Å². The number of nitrogens with zero attached hydrogens (tertiary/aromatic N) is 1. The molecule has 2 rings (SSSR count). The van der Waals surface area contributed by atoms with E-state index in [1.165, 1.54) is 0 Å². The summed E-state index contributed by atoms with van der Waals surface area (Å²) in [4.78, 5) is 3.99. The molecule has 0 aliphatic heterocycles. The van der Waals surface area contributed by atoms with Crippen molar-refractivity contribution in [2.45, 2.75) is 0 Å². The molecular formula is C9H7BrN2S. The zero-order valence-corrected chi connectivity index (χ0v) is 9.10. The summed E-state index contributed by atoms with van der Waals surface area (Å²) >= 11 is 5.09. The van der Waals surface area contributed by atoms with Gasteiger partial charge >= 0.3 is 0 Å². The number of nitrogens with one attached hydrogen (secondary N) is 1. The van der Waals surface area contributed by atoms with Crippen LogP contribution in [0.3, 0.4) is 0 Å². The Kier molecular flexibility index (Phi) is 2.61. The van der Waals surface area contributed by atoms with Gasteiger partial charge in [0.05, 0.1) is 10.2 Å². The number of halogens is 1. The largest absolute Gasteiger partial charge is 0.354 e. The lowest BCUT2D eigenvalue weighted by molar-refractivity contribution is 1.31. The van der Waals surface area contributed by atoms with E-state index in [2.05, 4.69) is 31.6 Å². The van der Waals surface area contributed by atoms with Crippen LogP contribution >= 0.6 is 27.3 Å². The van der Waals surface area contributed by atoms with Crippen molar-refractivity contribution in [2.75, 3.05) is 5.32 Å². The van der Waals surface area contributed by atoms with Gasteiger partial charge in [-0.3, -0.25) is 4.98 Å². The maximum Gasteiger partial charge on any atom is 0.0593 e. The second-order valence-electron chi connectivity index (χ2n) is 2.49. The Morgan fingerprint density at radius 1 is 1.38 bits per heavy atom. The second kappa shape index (κ2) is 3.89. The van der Waals surface area contributed by atoms with Gasteiger partial charge in [-0.2, -0.15) is 11.3 Å². The molecule has 0 saturated heterocycles. The summed E-state index contributed by atoms with van der Waals surface area (Å²) in [5.74, 6) is 0. The third kappa shape index (κ3) is 2.08. The summed E-state index contributed by atoms with van der Waals surface area (Å²) < 4.78 is 0.973. The molecule has 0 aliphatic rings. The second-order valence-corrected chi connectivity index (χ2v) is 4.13. The summed E-state index contributed by atoms with van der Waals surface area (Å²) in [6.45, 7) is 0.